The van der Waals surface area contributed by atoms with Crippen LogP contribution in [0.25, 0.3) is 0 Å². The Hall–Kier alpha value is -1.13. The summed E-state index contributed by atoms with van der Waals surface area (Å²) in [6.45, 7) is 4.72. The van der Waals surface area contributed by atoms with Gasteiger partial charge in [-0.05, 0) is 56.1 Å². The Kier molecular flexibility index (Phi) is 4.42. The molecule has 1 aromatic rings. The van der Waals surface area contributed by atoms with Gasteiger partial charge < -0.3 is 0 Å². The summed E-state index contributed by atoms with van der Waals surface area (Å²) in [5, 5.41) is 0. The minimum absolute atomic E-state index is 0.0355. The van der Waals surface area contributed by atoms with Crippen molar-refractivity contribution in [2.75, 3.05) is 6.54 Å². The molecular formula is C18H25NO2S. The third kappa shape index (κ3) is 2.86. The molecule has 0 N–H and O–H groups in total. The van der Waals surface area contributed by atoms with Crippen LogP contribution >= 0.6 is 0 Å². The highest BCUT2D eigenvalue weighted by Gasteiger charge is 2.39. The summed E-state index contributed by atoms with van der Waals surface area (Å²) < 4.78 is 27.8. The van der Waals surface area contributed by atoms with Crippen LogP contribution in [-0.2, 0) is 10.0 Å². The van der Waals surface area contributed by atoms with Crippen LogP contribution < -0.4 is 0 Å². The molecular weight excluding hydrogens is 294 g/mol. The normalized spacial score (nSPS) is 28.4. The zero-order chi connectivity index (χ0) is 15.7. The summed E-state index contributed by atoms with van der Waals surface area (Å²) in [6.07, 6.45) is 7.79. The molecule has 0 amide bonds. The summed E-state index contributed by atoms with van der Waals surface area (Å²) in [5.74, 6) is 1.72. The Morgan fingerprint density at radius 3 is 2.45 bits per heavy atom. The maximum atomic E-state index is 13.0. The van der Waals surface area contributed by atoms with Crippen LogP contribution in [0.3, 0.4) is 0 Å². The lowest BCUT2D eigenvalue weighted by molar-refractivity contribution is 0.262. The molecule has 0 saturated heterocycles. The van der Waals surface area contributed by atoms with Gasteiger partial charge in [-0.15, -0.1) is 0 Å². The topological polar surface area (TPSA) is 37.4 Å². The number of hydrogen-bond acceptors (Lipinski definition) is 2. The van der Waals surface area contributed by atoms with Gasteiger partial charge in [0.1, 0.15) is 0 Å². The molecule has 4 unspecified atom stereocenters. The van der Waals surface area contributed by atoms with Gasteiger partial charge in [-0.25, -0.2) is 8.42 Å². The zero-order valence-corrected chi connectivity index (χ0v) is 14.2. The highest BCUT2D eigenvalue weighted by molar-refractivity contribution is 7.89. The lowest BCUT2D eigenvalue weighted by Crippen LogP contribution is -2.42. The van der Waals surface area contributed by atoms with Crippen molar-refractivity contribution in [3.05, 3.63) is 42.5 Å². The van der Waals surface area contributed by atoms with Gasteiger partial charge in [-0.3, -0.25) is 0 Å². The smallest absolute Gasteiger partial charge is 0.207 e. The first-order valence-electron chi connectivity index (χ1n) is 8.27. The SMILES string of the molecule is CCC(C)N(CC1CC2C=CC1C2)S(=O)(=O)c1ccccc1. The van der Waals surface area contributed by atoms with Crippen LogP contribution in [0.1, 0.15) is 33.1 Å². The number of benzene rings is 1. The largest absolute Gasteiger partial charge is 0.243 e. The van der Waals surface area contributed by atoms with Crippen molar-refractivity contribution in [3.8, 4) is 0 Å². The predicted molar refractivity (Wildman–Crippen MR) is 88.9 cm³/mol. The minimum Gasteiger partial charge on any atom is -0.207 e. The summed E-state index contributed by atoms with van der Waals surface area (Å²) in [5.41, 5.74) is 0. The molecule has 22 heavy (non-hydrogen) atoms. The molecule has 0 aromatic heterocycles. The van der Waals surface area contributed by atoms with Gasteiger partial charge in [-0.2, -0.15) is 4.31 Å². The van der Waals surface area contributed by atoms with E-state index in [1.165, 1.54) is 6.42 Å². The number of hydrogen-bond donors (Lipinski definition) is 0. The lowest BCUT2D eigenvalue weighted by atomic mass is 9.93. The summed E-state index contributed by atoms with van der Waals surface area (Å²) >= 11 is 0. The van der Waals surface area contributed by atoms with E-state index in [9.17, 15) is 8.42 Å². The molecule has 2 aliphatic rings. The highest BCUT2D eigenvalue weighted by Crippen LogP contribution is 2.44. The second-order valence-corrected chi connectivity index (χ2v) is 8.58. The van der Waals surface area contributed by atoms with Crippen LogP contribution in [-0.4, -0.2) is 25.3 Å². The number of allylic oxidation sites excluding steroid dienone is 2. The molecule has 4 atom stereocenters. The lowest BCUT2D eigenvalue weighted by Gasteiger charge is -2.32. The number of fused-ring (bicyclic) bond motifs is 2. The summed E-state index contributed by atoms with van der Waals surface area (Å²) in [6, 6.07) is 8.88. The van der Waals surface area contributed by atoms with Gasteiger partial charge in [0.2, 0.25) is 10.0 Å². The molecule has 1 fully saturated rings. The molecule has 1 saturated carbocycles. The van der Waals surface area contributed by atoms with Crippen LogP contribution in [0, 0.1) is 17.8 Å². The molecule has 2 aliphatic carbocycles. The molecule has 0 radical (unpaired) electrons. The number of nitrogens with zero attached hydrogens (tertiary/aromatic N) is 1. The number of rotatable bonds is 6. The Morgan fingerprint density at radius 1 is 1.18 bits per heavy atom. The molecule has 1 aromatic carbocycles. The average molecular weight is 319 g/mol. The predicted octanol–water partition coefficient (Wildman–Crippen LogP) is 3.69. The van der Waals surface area contributed by atoms with Crippen LogP contribution in [0.5, 0.6) is 0 Å². The van der Waals surface area contributed by atoms with Crippen LogP contribution in [0.15, 0.2) is 47.4 Å². The molecule has 0 aliphatic heterocycles. The Labute approximate surface area is 134 Å². The van der Waals surface area contributed by atoms with E-state index in [1.54, 1.807) is 28.6 Å². The zero-order valence-electron chi connectivity index (χ0n) is 13.4. The van der Waals surface area contributed by atoms with Gasteiger partial charge in [0.15, 0.2) is 0 Å². The molecule has 4 heteroatoms. The van der Waals surface area contributed by atoms with Crippen molar-refractivity contribution in [2.24, 2.45) is 17.8 Å². The van der Waals surface area contributed by atoms with E-state index in [-0.39, 0.29) is 6.04 Å². The maximum Gasteiger partial charge on any atom is 0.243 e. The summed E-state index contributed by atoms with van der Waals surface area (Å²) in [7, 11) is -3.41. The van der Waals surface area contributed by atoms with E-state index < -0.39 is 10.0 Å². The van der Waals surface area contributed by atoms with Crippen molar-refractivity contribution in [1.82, 2.24) is 4.31 Å². The first-order chi connectivity index (χ1) is 10.5. The van der Waals surface area contributed by atoms with E-state index >= 15 is 0 Å². The number of sulfonamides is 1. The molecule has 0 heterocycles. The van der Waals surface area contributed by atoms with Crippen molar-refractivity contribution < 1.29 is 8.42 Å². The molecule has 120 valence electrons. The Bertz CT molecular complexity index is 638. The highest BCUT2D eigenvalue weighted by atomic mass is 32.2. The fourth-order valence-electron chi connectivity index (χ4n) is 3.78. The van der Waals surface area contributed by atoms with E-state index in [0.29, 0.717) is 29.2 Å². The Morgan fingerprint density at radius 2 is 1.91 bits per heavy atom. The monoisotopic (exact) mass is 319 g/mol. The fourth-order valence-corrected chi connectivity index (χ4v) is 5.56. The van der Waals surface area contributed by atoms with Gasteiger partial charge in [-0.1, -0.05) is 37.3 Å². The van der Waals surface area contributed by atoms with Crippen LogP contribution in [0.2, 0.25) is 0 Å². The molecule has 3 nitrogen and oxygen atoms in total. The first-order valence-corrected chi connectivity index (χ1v) is 9.71. The van der Waals surface area contributed by atoms with Gasteiger partial charge in [0.05, 0.1) is 4.90 Å². The third-order valence-corrected chi connectivity index (χ3v) is 7.26. The first kappa shape index (κ1) is 15.8. The average Bonchev–Trinajstić information content (AvgIpc) is 3.15. The second-order valence-electron chi connectivity index (χ2n) is 6.69. The summed E-state index contributed by atoms with van der Waals surface area (Å²) in [4.78, 5) is 0.411. The van der Waals surface area contributed by atoms with E-state index in [1.807, 2.05) is 13.0 Å². The van der Waals surface area contributed by atoms with Crippen molar-refractivity contribution in [2.45, 2.75) is 44.0 Å². The minimum atomic E-state index is -3.41. The van der Waals surface area contributed by atoms with Gasteiger partial charge in [0.25, 0.3) is 0 Å². The van der Waals surface area contributed by atoms with Crippen molar-refractivity contribution in [1.29, 1.82) is 0 Å². The van der Waals surface area contributed by atoms with Crippen LogP contribution in [0.4, 0.5) is 0 Å². The maximum absolute atomic E-state index is 13.0. The molecule has 0 spiro atoms. The van der Waals surface area contributed by atoms with E-state index in [4.69, 9.17) is 0 Å². The molecule has 3 rings (SSSR count). The third-order valence-electron chi connectivity index (χ3n) is 5.26. The molecule has 2 bridgehead atoms. The standard InChI is InChI=1S/C18H25NO2S/c1-3-14(2)19(13-17-12-15-9-10-16(17)11-15)22(20,21)18-7-5-4-6-8-18/h4-10,14-17H,3,11-13H2,1-2H3. The van der Waals surface area contributed by atoms with Gasteiger partial charge >= 0.3 is 0 Å². The fraction of sp³-hybridized carbons (Fsp3) is 0.556. The van der Waals surface area contributed by atoms with Crippen molar-refractivity contribution >= 4 is 10.0 Å². The van der Waals surface area contributed by atoms with Crippen molar-refractivity contribution in [3.63, 3.8) is 0 Å². The quantitative estimate of drug-likeness (QED) is 0.750. The second kappa shape index (κ2) is 6.17. The Balaban J connectivity index is 1.85. The van der Waals surface area contributed by atoms with E-state index in [0.717, 1.165) is 12.8 Å². The van der Waals surface area contributed by atoms with E-state index in [2.05, 4.69) is 19.1 Å². The van der Waals surface area contributed by atoms with Gasteiger partial charge in [0, 0.05) is 12.6 Å².